The molecule has 3 heteroatoms. The third kappa shape index (κ3) is 1.00. The molecule has 0 aromatic heterocycles. The zero-order chi connectivity index (χ0) is 8.84. The van der Waals surface area contributed by atoms with Gasteiger partial charge >= 0.3 is 0 Å². The summed E-state index contributed by atoms with van der Waals surface area (Å²) in [5.74, 6) is 0.690. The highest BCUT2D eigenvalue weighted by molar-refractivity contribution is 5.86. The molecular formula is C10H12O3. The Morgan fingerprint density at radius 1 is 1.31 bits per heavy atom. The summed E-state index contributed by atoms with van der Waals surface area (Å²) in [5.41, 5.74) is 0. The number of ketones is 1. The molecule has 0 aromatic rings. The number of rotatable bonds is 0. The van der Waals surface area contributed by atoms with E-state index >= 15 is 0 Å². The predicted octanol–water partition coefficient (Wildman–Crippen LogP) is 0.893. The molecule has 2 heterocycles. The average Bonchev–Trinajstić information content (AvgIpc) is 2.61. The quantitative estimate of drug-likeness (QED) is 0.519. The van der Waals surface area contributed by atoms with Gasteiger partial charge in [-0.2, -0.15) is 0 Å². The van der Waals surface area contributed by atoms with Crippen LogP contribution in [0.5, 0.6) is 0 Å². The summed E-state index contributed by atoms with van der Waals surface area (Å²) in [5, 5.41) is 0. The summed E-state index contributed by atoms with van der Waals surface area (Å²) >= 11 is 0. The monoisotopic (exact) mass is 180 g/mol. The molecule has 4 atom stereocenters. The van der Waals surface area contributed by atoms with Crippen molar-refractivity contribution in [1.29, 1.82) is 0 Å². The highest BCUT2D eigenvalue weighted by atomic mass is 16.7. The van der Waals surface area contributed by atoms with E-state index in [0.717, 1.165) is 12.8 Å². The second-order valence-corrected chi connectivity index (χ2v) is 3.96. The lowest BCUT2D eigenvalue weighted by Gasteiger charge is -2.34. The van der Waals surface area contributed by atoms with Crippen molar-refractivity contribution >= 4 is 5.78 Å². The molecular weight excluding hydrogens is 168 g/mol. The van der Waals surface area contributed by atoms with Crippen LogP contribution >= 0.6 is 0 Å². The van der Waals surface area contributed by atoms with Gasteiger partial charge in [0.2, 0.25) is 6.29 Å². The Bertz CT molecular complexity index is 271. The Morgan fingerprint density at radius 2 is 2.15 bits per heavy atom. The zero-order valence-corrected chi connectivity index (χ0v) is 7.31. The van der Waals surface area contributed by atoms with E-state index in [1.54, 1.807) is 0 Å². The lowest BCUT2D eigenvalue weighted by molar-refractivity contribution is -0.165. The number of hydrogen-bond acceptors (Lipinski definition) is 3. The van der Waals surface area contributed by atoms with Crippen LogP contribution in [0.2, 0.25) is 0 Å². The lowest BCUT2D eigenvalue weighted by Crippen LogP contribution is -2.44. The summed E-state index contributed by atoms with van der Waals surface area (Å²) in [6, 6.07) is 0. The number of allylic oxidation sites excluding steroid dienone is 2. The number of hydrogen-bond donors (Lipinski definition) is 0. The molecule has 0 spiro atoms. The van der Waals surface area contributed by atoms with E-state index in [0.29, 0.717) is 12.5 Å². The molecule has 3 aliphatic rings. The number of carbonyl (C=O) groups is 1. The van der Waals surface area contributed by atoms with E-state index in [1.165, 1.54) is 0 Å². The Balaban J connectivity index is 1.94. The minimum Gasteiger partial charge on any atom is -0.343 e. The van der Waals surface area contributed by atoms with E-state index in [2.05, 4.69) is 12.2 Å². The van der Waals surface area contributed by atoms with Crippen molar-refractivity contribution in [1.82, 2.24) is 0 Å². The molecule has 0 aromatic carbocycles. The van der Waals surface area contributed by atoms with Gasteiger partial charge < -0.3 is 9.47 Å². The normalized spacial score (nSPS) is 47.8. The van der Waals surface area contributed by atoms with E-state index in [9.17, 15) is 4.79 Å². The topological polar surface area (TPSA) is 35.5 Å². The Morgan fingerprint density at radius 3 is 3.08 bits per heavy atom. The smallest absolute Gasteiger partial charge is 0.218 e. The summed E-state index contributed by atoms with van der Waals surface area (Å²) in [6.07, 6.45) is 5.72. The van der Waals surface area contributed by atoms with E-state index in [4.69, 9.17) is 9.47 Å². The third-order valence-corrected chi connectivity index (χ3v) is 3.27. The first-order chi connectivity index (χ1) is 6.36. The molecule has 0 saturated carbocycles. The minimum atomic E-state index is -0.544. The van der Waals surface area contributed by atoms with Gasteiger partial charge in [0.05, 0.1) is 12.7 Å². The van der Waals surface area contributed by atoms with Crippen LogP contribution in [0.1, 0.15) is 12.8 Å². The average molecular weight is 180 g/mol. The number of Topliss-reactive ketones (excluding diaryl/α,β-unsaturated/α-hetero) is 1. The van der Waals surface area contributed by atoms with Crippen molar-refractivity contribution in [3.8, 4) is 0 Å². The van der Waals surface area contributed by atoms with Crippen LogP contribution in [-0.4, -0.2) is 24.8 Å². The zero-order valence-electron chi connectivity index (χ0n) is 7.31. The van der Waals surface area contributed by atoms with Crippen molar-refractivity contribution < 1.29 is 14.3 Å². The van der Waals surface area contributed by atoms with Crippen LogP contribution in [-0.2, 0) is 14.3 Å². The second kappa shape index (κ2) is 2.66. The van der Waals surface area contributed by atoms with Crippen LogP contribution in [0.15, 0.2) is 12.2 Å². The van der Waals surface area contributed by atoms with Crippen molar-refractivity contribution in [2.24, 2.45) is 11.8 Å². The Hall–Kier alpha value is -0.670. The van der Waals surface area contributed by atoms with E-state index in [1.807, 2.05) is 0 Å². The Kier molecular flexibility index (Phi) is 1.58. The standard InChI is InChI=1S/C10H12O3/c11-9-7-4-2-1-3-6(7)8-5-12-10(9)13-8/h1-2,6-8,10H,3-5H2/t6-,7+,8+,10+/m0/s1. The van der Waals surface area contributed by atoms with Crippen LogP contribution < -0.4 is 0 Å². The molecule has 13 heavy (non-hydrogen) atoms. The van der Waals surface area contributed by atoms with E-state index < -0.39 is 6.29 Å². The SMILES string of the molecule is O=C1[C@@H]2OC[C@@H](O2)[C@H]2CC=CC[C@@H]12. The molecule has 2 saturated heterocycles. The number of fused-ring (bicyclic) bond motifs is 4. The molecule has 2 bridgehead atoms. The molecule has 0 unspecified atom stereocenters. The van der Waals surface area contributed by atoms with Gasteiger partial charge in [0.25, 0.3) is 0 Å². The molecule has 0 amide bonds. The molecule has 1 aliphatic carbocycles. The highest BCUT2D eigenvalue weighted by Gasteiger charge is 2.49. The van der Waals surface area contributed by atoms with Gasteiger partial charge in [0, 0.05) is 11.8 Å². The fourth-order valence-electron chi connectivity index (χ4n) is 2.54. The van der Waals surface area contributed by atoms with Crippen molar-refractivity contribution in [3.63, 3.8) is 0 Å². The van der Waals surface area contributed by atoms with Gasteiger partial charge in [-0.15, -0.1) is 0 Å². The highest BCUT2D eigenvalue weighted by Crippen LogP contribution is 2.39. The molecule has 70 valence electrons. The maximum atomic E-state index is 11.7. The number of carbonyl (C=O) groups excluding carboxylic acids is 1. The molecule has 3 nitrogen and oxygen atoms in total. The molecule has 2 aliphatic heterocycles. The minimum absolute atomic E-state index is 0.156. The fraction of sp³-hybridized carbons (Fsp3) is 0.700. The van der Waals surface area contributed by atoms with Crippen LogP contribution in [0.25, 0.3) is 0 Å². The predicted molar refractivity (Wildman–Crippen MR) is 45.0 cm³/mol. The second-order valence-electron chi connectivity index (χ2n) is 3.96. The number of ether oxygens (including phenoxy) is 2. The summed E-state index contributed by atoms with van der Waals surface area (Å²) < 4.78 is 10.8. The molecule has 2 fully saturated rings. The maximum Gasteiger partial charge on any atom is 0.218 e. The fourth-order valence-corrected chi connectivity index (χ4v) is 2.54. The van der Waals surface area contributed by atoms with Crippen LogP contribution in [0.3, 0.4) is 0 Å². The first-order valence-electron chi connectivity index (χ1n) is 4.82. The van der Waals surface area contributed by atoms with Gasteiger partial charge in [-0.3, -0.25) is 4.79 Å². The third-order valence-electron chi connectivity index (χ3n) is 3.27. The summed E-state index contributed by atoms with van der Waals surface area (Å²) in [6.45, 7) is 0.603. The first kappa shape index (κ1) is 7.71. The largest absolute Gasteiger partial charge is 0.343 e. The Labute approximate surface area is 76.7 Å². The first-order valence-corrected chi connectivity index (χ1v) is 4.82. The van der Waals surface area contributed by atoms with Gasteiger partial charge in [-0.25, -0.2) is 0 Å². The summed E-state index contributed by atoms with van der Waals surface area (Å²) in [7, 11) is 0. The summed E-state index contributed by atoms with van der Waals surface area (Å²) in [4.78, 5) is 11.7. The van der Waals surface area contributed by atoms with Gasteiger partial charge in [-0.05, 0) is 12.8 Å². The van der Waals surface area contributed by atoms with Crippen molar-refractivity contribution in [2.45, 2.75) is 25.2 Å². The lowest BCUT2D eigenvalue weighted by atomic mass is 9.76. The maximum absolute atomic E-state index is 11.7. The van der Waals surface area contributed by atoms with Gasteiger partial charge in [0.1, 0.15) is 0 Å². The van der Waals surface area contributed by atoms with E-state index in [-0.39, 0.29) is 17.8 Å². The van der Waals surface area contributed by atoms with Crippen molar-refractivity contribution in [3.05, 3.63) is 12.2 Å². The van der Waals surface area contributed by atoms with Crippen LogP contribution in [0, 0.1) is 11.8 Å². The molecule has 0 radical (unpaired) electrons. The van der Waals surface area contributed by atoms with Crippen LogP contribution in [0.4, 0.5) is 0 Å². The van der Waals surface area contributed by atoms with Gasteiger partial charge in [-0.1, -0.05) is 12.2 Å². The molecule has 3 rings (SSSR count). The van der Waals surface area contributed by atoms with Crippen molar-refractivity contribution in [2.75, 3.05) is 6.61 Å². The molecule has 0 N–H and O–H groups in total. The van der Waals surface area contributed by atoms with Gasteiger partial charge in [0.15, 0.2) is 5.78 Å².